The fraction of sp³-hybridized carbons (Fsp3) is 0.714. The van der Waals surface area contributed by atoms with Crippen molar-refractivity contribution in [2.24, 2.45) is 4.99 Å². The highest BCUT2D eigenvalue weighted by Gasteiger charge is 2.29. The molecular formula is C7H13N2O+. The number of hydrogen-bond donors (Lipinski definition) is 0. The average Bonchev–Trinajstić information content (AvgIpc) is 1.96. The van der Waals surface area contributed by atoms with Crippen molar-refractivity contribution in [2.75, 3.05) is 13.6 Å². The second-order valence-electron chi connectivity index (χ2n) is 2.93. The number of aliphatic imine (C=N–C) groups is 1. The van der Waals surface area contributed by atoms with Crippen molar-refractivity contribution in [1.82, 2.24) is 0 Å². The number of amides is 1. The Morgan fingerprint density at radius 2 is 2.50 bits per heavy atom. The van der Waals surface area contributed by atoms with Crippen LogP contribution in [0.15, 0.2) is 4.99 Å². The Labute approximate surface area is 60.9 Å². The van der Waals surface area contributed by atoms with E-state index in [1.165, 1.54) is 0 Å². The predicted molar refractivity (Wildman–Crippen MR) is 39.7 cm³/mol. The van der Waals surface area contributed by atoms with E-state index in [4.69, 9.17) is 0 Å². The maximum atomic E-state index is 10.6. The minimum absolute atomic E-state index is 0.103. The van der Waals surface area contributed by atoms with Crippen LogP contribution in [-0.4, -0.2) is 36.9 Å². The molecule has 0 bridgehead atoms. The van der Waals surface area contributed by atoms with Gasteiger partial charge in [0.2, 0.25) is 0 Å². The quantitative estimate of drug-likeness (QED) is 0.384. The highest BCUT2D eigenvalue weighted by Crippen LogP contribution is 2.12. The van der Waals surface area contributed by atoms with Gasteiger partial charge in [-0.3, -0.25) is 0 Å². The smallest absolute Gasteiger partial charge is 0.245 e. The Kier molecular flexibility index (Phi) is 1.85. The first kappa shape index (κ1) is 7.41. The van der Waals surface area contributed by atoms with Crippen LogP contribution in [-0.2, 0) is 4.79 Å². The number of rotatable bonds is 1. The Morgan fingerprint density at radius 1 is 1.80 bits per heavy atom. The lowest BCUT2D eigenvalue weighted by molar-refractivity contribution is -0.849. The third-order valence-electron chi connectivity index (χ3n) is 2.16. The van der Waals surface area contributed by atoms with Crippen LogP contribution in [0, 0.1) is 0 Å². The molecule has 0 aromatic rings. The van der Waals surface area contributed by atoms with Gasteiger partial charge in [0.15, 0.2) is 6.17 Å². The van der Waals surface area contributed by atoms with Crippen molar-refractivity contribution in [1.29, 1.82) is 0 Å². The first-order valence-corrected chi connectivity index (χ1v) is 3.52. The van der Waals surface area contributed by atoms with Gasteiger partial charge in [-0.1, -0.05) is 0 Å². The second kappa shape index (κ2) is 2.50. The molecule has 3 heteroatoms. The Balaban J connectivity index is 2.77. The maximum Gasteiger partial charge on any atom is 0.303 e. The van der Waals surface area contributed by atoms with Gasteiger partial charge < -0.3 is 0 Å². The molecule has 1 aliphatic rings. The highest BCUT2D eigenvalue weighted by molar-refractivity contribution is 5.58. The van der Waals surface area contributed by atoms with Gasteiger partial charge >= 0.3 is 6.41 Å². The van der Waals surface area contributed by atoms with Crippen molar-refractivity contribution >= 4 is 12.6 Å². The monoisotopic (exact) mass is 141 g/mol. The van der Waals surface area contributed by atoms with E-state index < -0.39 is 0 Å². The van der Waals surface area contributed by atoms with Gasteiger partial charge in [-0.05, 0) is 0 Å². The first-order chi connectivity index (χ1) is 4.69. The van der Waals surface area contributed by atoms with Crippen molar-refractivity contribution in [3.63, 3.8) is 0 Å². The third kappa shape index (κ3) is 1.09. The molecule has 0 aromatic carbocycles. The molecule has 0 saturated heterocycles. The van der Waals surface area contributed by atoms with Crippen molar-refractivity contribution in [3.05, 3.63) is 0 Å². The van der Waals surface area contributed by atoms with Gasteiger partial charge in [0, 0.05) is 19.6 Å². The number of nitrogens with zero attached hydrogens (tertiary/aromatic N) is 2. The minimum Gasteiger partial charge on any atom is -0.245 e. The zero-order valence-electron chi connectivity index (χ0n) is 6.45. The van der Waals surface area contributed by atoms with E-state index in [1.807, 2.05) is 20.2 Å². The lowest BCUT2D eigenvalue weighted by Crippen LogP contribution is -2.51. The molecule has 1 heterocycles. The van der Waals surface area contributed by atoms with Crippen LogP contribution in [0.2, 0.25) is 0 Å². The molecule has 0 saturated carbocycles. The van der Waals surface area contributed by atoms with Gasteiger partial charge in [-0.25, -0.2) is 14.3 Å². The van der Waals surface area contributed by atoms with E-state index in [0.717, 1.165) is 19.4 Å². The molecule has 10 heavy (non-hydrogen) atoms. The molecule has 1 rings (SSSR count). The molecule has 0 aliphatic carbocycles. The second-order valence-corrected chi connectivity index (χ2v) is 2.93. The predicted octanol–water partition coefficient (Wildman–Crippen LogP) is 0.410. The number of carbonyl (C=O) groups is 1. The zero-order chi connectivity index (χ0) is 7.61. The summed E-state index contributed by atoms with van der Waals surface area (Å²) in [7, 11) is 1.91. The summed E-state index contributed by atoms with van der Waals surface area (Å²) in [5.41, 5.74) is 0. The summed E-state index contributed by atoms with van der Waals surface area (Å²) in [6.07, 6.45) is 3.89. The maximum absolute atomic E-state index is 10.6. The normalized spacial score (nSPS) is 39.6. The summed E-state index contributed by atoms with van der Waals surface area (Å²) >= 11 is 0. The van der Waals surface area contributed by atoms with Gasteiger partial charge in [0.25, 0.3) is 0 Å². The Hall–Kier alpha value is -0.700. The van der Waals surface area contributed by atoms with E-state index in [2.05, 4.69) is 4.99 Å². The lowest BCUT2D eigenvalue weighted by atomic mass is 10.3. The molecule has 1 aliphatic heterocycles. The first-order valence-electron chi connectivity index (χ1n) is 3.52. The van der Waals surface area contributed by atoms with E-state index >= 15 is 0 Å². The van der Waals surface area contributed by atoms with Crippen LogP contribution < -0.4 is 0 Å². The molecule has 3 nitrogen and oxygen atoms in total. The van der Waals surface area contributed by atoms with E-state index in [-0.39, 0.29) is 6.17 Å². The van der Waals surface area contributed by atoms with Gasteiger partial charge in [0.05, 0.1) is 13.6 Å². The molecule has 0 fully saturated rings. The van der Waals surface area contributed by atoms with Crippen molar-refractivity contribution < 1.29 is 9.28 Å². The number of carbonyl (C=O) groups excluding carboxylic acids is 1. The fourth-order valence-corrected chi connectivity index (χ4v) is 1.04. The largest absolute Gasteiger partial charge is 0.303 e. The SMILES string of the molecule is CC1N=CCC[N+]1(C)C=O. The molecule has 0 spiro atoms. The van der Waals surface area contributed by atoms with Crippen LogP contribution in [0.4, 0.5) is 0 Å². The zero-order valence-corrected chi connectivity index (χ0v) is 6.45. The Bertz CT molecular complexity index is 167. The lowest BCUT2D eigenvalue weighted by Gasteiger charge is -2.32. The fourth-order valence-electron chi connectivity index (χ4n) is 1.04. The molecule has 0 N–H and O–H groups in total. The third-order valence-corrected chi connectivity index (χ3v) is 2.16. The molecule has 56 valence electrons. The van der Waals surface area contributed by atoms with Crippen LogP contribution in [0.25, 0.3) is 0 Å². The van der Waals surface area contributed by atoms with Crippen molar-refractivity contribution in [3.8, 4) is 0 Å². The summed E-state index contributed by atoms with van der Waals surface area (Å²) in [6.45, 7) is 2.85. The van der Waals surface area contributed by atoms with E-state index in [9.17, 15) is 4.79 Å². The topological polar surface area (TPSA) is 29.4 Å². The van der Waals surface area contributed by atoms with Gasteiger partial charge in [0.1, 0.15) is 0 Å². The number of quaternary nitrogens is 1. The van der Waals surface area contributed by atoms with Gasteiger partial charge in [-0.2, -0.15) is 0 Å². The molecule has 1 amide bonds. The van der Waals surface area contributed by atoms with Crippen LogP contribution in [0.5, 0.6) is 0 Å². The molecule has 0 radical (unpaired) electrons. The molecule has 2 atom stereocenters. The summed E-state index contributed by atoms with van der Waals surface area (Å²) in [5, 5.41) is 0. The van der Waals surface area contributed by atoms with Crippen molar-refractivity contribution in [2.45, 2.75) is 19.5 Å². The van der Waals surface area contributed by atoms with E-state index in [1.54, 1.807) is 0 Å². The van der Waals surface area contributed by atoms with Crippen LogP contribution in [0.1, 0.15) is 13.3 Å². The summed E-state index contributed by atoms with van der Waals surface area (Å²) < 4.78 is 0.427. The van der Waals surface area contributed by atoms with Gasteiger partial charge in [-0.15, -0.1) is 0 Å². The van der Waals surface area contributed by atoms with E-state index in [0.29, 0.717) is 4.48 Å². The molecule has 0 aromatic heterocycles. The Morgan fingerprint density at radius 3 is 2.90 bits per heavy atom. The highest BCUT2D eigenvalue weighted by atomic mass is 16.1. The molecular weight excluding hydrogens is 128 g/mol. The van der Waals surface area contributed by atoms with Crippen LogP contribution >= 0.6 is 0 Å². The summed E-state index contributed by atoms with van der Waals surface area (Å²) in [4.78, 5) is 14.8. The number of hydrogen-bond acceptors (Lipinski definition) is 2. The summed E-state index contributed by atoms with van der Waals surface area (Å²) in [5.74, 6) is 0. The summed E-state index contributed by atoms with van der Waals surface area (Å²) in [6, 6.07) is 0. The molecule has 2 unspecified atom stereocenters. The standard InChI is InChI=1S/C7H13N2O/c1-7-8-4-3-5-9(7,2)6-10/h4,6-7H,3,5H2,1-2H3/q+1. The van der Waals surface area contributed by atoms with Crippen LogP contribution in [0.3, 0.4) is 0 Å². The average molecular weight is 141 g/mol. The minimum atomic E-state index is 0.103.